The number of azide groups is 1. The molecule has 0 aromatic heterocycles. The molecule has 0 saturated heterocycles. The highest BCUT2D eigenvalue weighted by Crippen LogP contribution is 2.33. The minimum absolute atomic E-state index is 0.0106. The van der Waals surface area contributed by atoms with E-state index >= 15 is 0 Å². The van der Waals surface area contributed by atoms with Crippen LogP contribution in [0.5, 0.6) is 5.75 Å². The van der Waals surface area contributed by atoms with E-state index < -0.39 is 0 Å². The predicted octanol–water partition coefficient (Wildman–Crippen LogP) is 2.92. The Morgan fingerprint density at radius 3 is 3.07 bits per heavy atom. The van der Waals surface area contributed by atoms with Gasteiger partial charge < -0.3 is 4.74 Å². The normalized spacial score (nSPS) is 17.9. The summed E-state index contributed by atoms with van der Waals surface area (Å²) >= 11 is 0. The summed E-state index contributed by atoms with van der Waals surface area (Å²) in [5.41, 5.74) is 11.9. The fourth-order valence-electron chi connectivity index (χ4n) is 1.85. The molecule has 0 spiro atoms. The van der Waals surface area contributed by atoms with Crippen LogP contribution in [0.4, 0.5) is 0 Å². The Morgan fingerprint density at radius 2 is 2.33 bits per heavy atom. The number of hydrogen-bond donors (Lipinski definition) is 0. The third kappa shape index (κ3) is 1.76. The first-order valence-corrected chi connectivity index (χ1v) is 4.99. The monoisotopic (exact) mass is 203 g/mol. The highest BCUT2D eigenvalue weighted by atomic mass is 16.5. The molecule has 1 aromatic carbocycles. The molecule has 1 aliphatic heterocycles. The Morgan fingerprint density at radius 1 is 1.53 bits per heavy atom. The van der Waals surface area contributed by atoms with Crippen LogP contribution in [0, 0.1) is 13.8 Å². The fraction of sp³-hybridized carbons (Fsp3) is 0.455. The minimum Gasteiger partial charge on any atom is -0.489 e. The van der Waals surface area contributed by atoms with E-state index in [4.69, 9.17) is 10.3 Å². The van der Waals surface area contributed by atoms with Gasteiger partial charge in [0.25, 0.3) is 0 Å². The summed E-state index contributed by atoms with van der Waals surface area (Å²) in [7, 11) is 0. The van der Waals surface area contributed by atoms with Crippen LogP contribution in [0.3, 0.4) is 0 Å². The summed E-state index contributed by atoms with van der Waals surface area (Å²) in [5.74, 6) is 0.980. The smallest absolute Gasteiger partial charge is 0.126 e. The average Bonchev–Trinajstić information content (AvgIpc) is 2.64. The van der Waals surface area contributed by atoms with E-state index in [1.807, 2.05) is 0 Å². The van der Waals surface area contributed by atoms with E-state index in [2.05, 4.69) is 36.0 Å². The van der Waals surface area contributed by atoms with Gasteiger partial charge in [-0.3, -0.25) is 0 Å². The summed E-state index contributed by atoms with van der Waals surface area (Å²) in [5, 5.41) is 3.54. The number of aryl methyl sites for hydroxylation is 1. The van der Waals surface area contributed by atoms with Crippen LogP contribution < -0.4 is 4.74 Å². The lowest BCUT2D eigenvalue weighted by molar-refractivity contribution is 0.240. The lowest BCUT2D eigenvalue weighted by atomic mass is 10.0. The molecule has 0 aliphatic carbocycles. The Kier molecular flexibility index (Phi) is 2.52. The standard InChI is InChI=1S/C11H13N3O/c1-7-3-4-9-5-10(6-13-14-12)15-11(9)8(7)2/h3-4,10H,5-6H2,1-2H3. The highest BCUT2D eigenvalue weighted by Gasteiger charge is 2.24. The lowest BCUT2D eigenvalue weighted by Gasteiger charge is -2.09. The molecule has 78 valence electrons. The van der Waals surface area contributed by atoms with Crippen LogP contribution >= 0.6 is 0 Å². The van der Waals surface area contributed by atoms with Crippen molar-refractivity contribution in [1.29, 1.82) is 0 Å². The SMILES string of the molecule is Cc1ccc2c(c1C)OC(CN=[N+]=[N-])C2. The zero-order valence-corrected chi connectivity index (χ0v) is 8.90. The maximum atomic E-state index is 8.25. The third-order valence-corrected chi connectivity index (χ3v) is 2.84. The van der Waals surface area contributed by atoms with Gasteiger partial charge in [0.2, 0.25) is 0 Å². The van der Waals surface area contributed by atoms with Crippen molar-refractivity contribution in [3.8, 4) is 5.75 Å². The van der Waals surface area contributed by atoms with Gasteiger partial charge in [-0.05, 0) is 36.1 Å². The zero-order chi connectivity index (χ0) is 10.8. The van der Waals surface area contributed by atoms with Crippen LogP contribution in [0.2, 0.25) is 0 Å². The van der Waals surface area contributed by atoms with Gasteiger partial charge in [-0.15, -0.1) is 0 Å². The van der Waals surface area contributed by atoms with Crippen LogP contribution in [0.25, 0.3) is 10.4 Å². The number of rotatable bonds is 2. The van der Waals surface area contributed by atoms with Crippen LogP contribution in [-0.2, 0) is 6.42 Å². The molecular formula is C11H13N3O. The zero-order valence-electron chi connectivity index (χ0n) is 8.90. The number of fused-ring (bicyclic) bond motifs is 1. The van der Waals surface area contributed by atoms with E-state index in [1.165, 1.54) is 16.7 Å². The molecule has 1 atom stereocenters. The molecule has 2 rings (SSSR count). The van der Waals surface area contributed by atoms with Crippen molar-refractivity contribution in [2.24, 2.45) is 5.11 Å². The van der Waals surface area contributed by atoms with Gasteiger partial charge in [-0.2, -0.15) is 0 Å². The molecule has 0 bridgehead atoms. The second kappa shape index (κ2) is 3.83. The molecule has 0 radical (unpaired) electrons. The number of ether oxygens (including phenoxy) is 1. The predicted molar refractivity (Wildman–Crippen MR) is 58.0 cm³/mol. The number of hydrogen-bond acceptors (Lipinski definition) is 2. The molecule has 1 aromatic rings. The molecule has 0 fully saturated rings. The van der Waals surface area contributed by atoms with Crippen LogP contribution in [-0.4, -0.2) is 12.6 Å². The second-order valence-corrected chi connectivity index (χ2v) is 3.85. The van der Waals surface area contributed by atoms with Crippen molar-refractivity contribution in [3.05, 3.63) is 39.3 Å². The van der Waals surface area contributed by atoms with Gasteiger partial charge in [-0.1, -0.05) is 17.2 Å². The Hall–Kier alpha value is -1.67. The molecule has 1 aliphatic rings. The molecular weight excluding hydrogens is 190 g/mol. The maximum absolute atomic E-state index is 8.25. The first-order chi connectivity index (χ1) is 7.22. The molecule has 0 amide bonds. The van der Waals surface area contributed by atoms with E-state index in [0.29, 0.717) is 6.54 Å². The number of nitrogens with zero attached hydrogens (tertiary/aromatic N) is 3. The topological polar surface area (TPSA) is 58.0 Å². The average molecular weight is 203 g/mol. The molecule has 4 heteroatoms. The summed E-state index contributed by atoms with van der Waals surface area (Å²) in [6.45, 7) is 4.54. The first kappa shape index (κ1) is 9.87. The Balaban J connectivity index is 2.23. The molecule has 0 N–H and O–H groups in total. The van der Waals surface area contributed by atoms with E-state index in [-0.39, 0.29) is 6.10 Å². The largest absolute Gasteiger partial charge is 0.489 e. The molecule has 4 nitrogen and oxygen atoms in total. The maximum Gasteiger partial charge on any atom is 0.126 e. The first-order valence-electron chi connectivity index (χ1n) is 4.99. The van der Waals surface area contributed by atoms with Crippen molar-refractivity contribution in [1.82, 2.24) is 0 Å². The summed E-state index contributed by atoms with van der Waals surface area (Å²) in [6.07, 6.45) is 0.853. The molecule has 0 saturated carbocycles. The quantitative estimate of drug-likeness (QED) is 0.414. The van der Waals surface area contributed by atoms with Crippen LogP contribution in [0.1, 0.15) is 16.7 Å². The van der Waals surface area contributed by atoms with Gasteiger partial charge in [0, 0.05) is 11.3 Å². The highest BCUT2D eigenvalue weighted by molar-refractivity contribution is 5.47. The van der Waals surface area contributed by atoms with Gasteiger partial charge in [0.1, 0.15) is 11.9 Å². The van der Waals surface area contributed by atoms with Crippen molar-refractivity contribution in [2.45, 2.75) is 26.4 Å². The fourth-order valence-corrected chi connectivity index (χ4v) is 1.85. The van der Waals surface area contributed by atoms with Crippen molar-refractivity contribution in [2.75, 3.05) is 6.54 Å². The van der Waals surface area contributed by atoms with Crippen LogP contribution in [0.15, 0.2) is 17.2 Å². The van der Waals surface area contributed by atoms with E-state index in [1.54, 1.807) is 0 Å². The van der Waals surface area contributed by atoms with Gasteiger partial charge in [0.15, 0.2) is 0 Å². The van der Waals surface area contributed by atoms with Gasteiger partial charge >= 0.3 is 0 Å². The third-order valence-electron chi connectivity index (χ3n) is 2.84. The molecule has 1 unspecified atom stereocenters. The summed E-state index contributed by atoms with van der Waals surface area (Å²) < 4.78 is 5.76. The minimum atomic E-state index is 0.0106. The second-order valence-electron chi connectivity index (χ2n) is 3.85. The molecule has 1 heterocycles. The Labute approximate surface area is 88.5 Å². The summed E-state index contributed by atoms with van der Waals surface area (Å²) in [4.78, 5) is 2.75. The number of benzene rings is 1. The van der Waals surface area contributed by atoms with E-state index in [9.17, 15) is 0 Å². The van der Waals surface area contributed by atoms with Gasteiger partial charge in [0.05, 0.1) is 6.54 Å². The summed E-state index contributed by atoms with van der Waals surface area (Å²) in [6, 6.07) is 4.20. The Bertz CT molecular complexity index is 436. The van der Waals surface area contributed by atoms with E-state index in [0.717, 1.165) is 12.2 Å². The van der Waals surface area contributed by atoms with Gasteiger partial charge in [-0.25, -0.2) is 0 Å². The molecule has 15 heavy (non-hydrogen) atoms. The van der Waals surface area contributed by atoms with Crippen molar-refractivity contribution in [3.63, 3.8) is 0 Å². The van der Waals surface area contributed by atoms with Crippen molar-refractivity contribution >= 4 is 0 Å². The lowest BCUT2D eigenvalue weighted by Crippen LogP contribution is -2.16. The van der Waals surface area contributed by atoms with Crippen molar-refractivity contribution < 1.29 is 4.74 Å².